The van der Waals surface area contributed by atoms with E-state index in [1.165, 1.54) is 42.6 Å². The van der Waals surface area contributed by atoms with Crippen molar-refractivity contribution in [1.29, 1.82) is 0 Å². The number of thiophene rings is 1. The van der Waals surface area contributed by atoms with Gasteiger partial charge in [0, 0.05) is 16.6 Å². The third kappa shape index (κ3) is 3.89. The molecule has 2 aromatic carbocycles. The van der Waals surface area contributed by atoms with Crippen molar-refractivity contribution in [2.24, 2.45) is 0 Å². The van der Waals surface area contributed by atoms with Gasteiger partial charge < -0.3 is 19.3 Å². The number of aryl methyl sites for hydroxylation is 1. The number of Topliss-reactive ketones (excluding diaryl/α,β-unsaturated/α-hetero) is 1. The summed E-state index contributed by atoms with van der Waals surface area (Å²) in [6.45, 7) is 1.89. The first kappa shape index (κ1) is 23.7. The number of benzene rings is 2. The van der Waals surface area contributed by atoms with Crippen LogP contribution in [-0.4, -0.2) is 38.1 Å². The van der Waals surface area contributed by atoms with E-state index < -0.39 is 17.7 Å². The van der Waals surface area contributed by atoms with E-state index in [4.69, 9.17) is 25.8 Å². The molecule has 1 saturated heterocycles. The summed E-state index contributed by atoms with van der Waals surface area (Å²) >= 11 is 7.70. The van der Waals surface area contributed by atoms with Crippen molar-refractivity contribution < 1.29 is 28.9 Å². The van der Waals surface area contributed by atoms with Gasteiger partial charge in [-0.15, -0.1) is 11.3 Å². The minimum atomic E-state index is -0.834. The van der Waals surface area contributed by atoms with Gasteiger partial charge in [0.15, 0.2) is 0 Å². The molecule has 7 nitrogen and oxygen atoms in total. The van der Waals surface area contributed by atoms with Crippen molar-refractivity contribution in [3.05, 3.63) is 74.4 Å². The third-order valence-corrected chi connectivity index (χ3v) is 7.04. The topological polar surface area (TPSA) is 85.3 Å². The summed E-state index contributed by atoms with van der Waals surface area (Å²) in [6.07, 6.45) is 0. The maximum atomic E-state index is 13.3. The normalized spacial score (nSPS) is 17.2. The summed E-state index contributed by atoms with van der Waals surface area (Å²) in [6, 6.07) is 10.8. The first-order valence-electron chi connectivity index (χ1n) is 10.2. The van der Waals surface area contributed by atoms with E-state index in [2.05, 4.69) is 0 Å². The van der Waals surface area contributed by atoms with Crippen LogP contribution in [0.25, 0.3) is 5.76 Å². The maximum Gasteiger partial charge on any atom is 0.300 e. The predicted molar refractivity (Wildman–Crippen MR) is 131 cm³/mol. The van der Waals surface area contributed by atoms with Crippen LogP contribution in [0.15, 0.2) is 53.4 Å². The fraction of sp³-hybridized carbons (Fsp3) is 0.200. The number of amides is 1. The molecule has 1 N–H and O–H groups in total. The molecule has 0 saturated carbocycles. The lowest BCUT2D eigenvalue weighted by atomic mass is 9.97. The minimum Gasteiger partial charge on any atom is -0.507 e. The number of anilines is 1. The summed E-state index contributed by atoms with van der Waals surface area (Å²) < 4.78 is 15.9. The van der Waals surface area contributed by atoms with Crippen LogP contribution >= 0.6 is 22.9 Å². The van der Waals surface area contributed by atoms with Crippen LogP contribution in [0, 0.1) is 6.92 Å². The van der Waals surface area contributed by atoms with Crippen LogP contribution in [0.5, 0.6) is 17.2 Å². The predicted octanol–water partition coefficient (Wildman–Crippen LogP) is 5.36. The first-order chi connectivity index (χ1) is 16.3. The standard InChI is InChI=1S/C25H22ClNO6S/c1-13-9-10-34-24(13)21-20(22(28)16-11-17(26)19(33-4)12-18(16)32-3)23(29)25(30)27(21)14-5-7-15(31-2)8-6-14/h5-12,21,28H,1-4H3/b22-20+. The second-order valence-electron chi connectivity index (χ2n) is 7.52. The highest BCUT2D eigenvalue weighted by Gasteiger charge is 2.48. The molecule has 3 aromatic rings. The van der Waals surface area contributed by atoms with Crippen LogP contribution in [0.1, 0.15) is 22.0 Å². The number of hydrogen-bond donors (Lipinski definition) is 1. The number of nitrogens with zero attached hydrogens (tertiary/aromatic N) is 1. The van der Waals surface area contributed by atoms with E-state index in [0.29, 0.717) is 17.2 Å². The van der Waals surface area contributed by atoms with Crippen LogP contribution in [0.2, 0.25) is 5.02 Å². The summed E-state index contributed by atoms with van der Waals surface area (Å²) in [4.78, 5) is 28.7. The quantitative estimate of drug-likeness (QED) is 0.279. The number of methoxy groups -OCH3 is 3. The summed E-state index contributed by atoms with van der Waals surface area (Å²) in [5.41, 5.74) is 1.52. The Morgan fingerprint density at radius 3 is 2.24 bits per heavy atom. The summed E-state index contributed by atoms with van der Waals surface area (Å²) in [5, 5.41) is 13.5. The maximum absolute atomic E-state index is 13.3. The lowest BCUT2D eigenvalue weighted by molar-refractivity contribution is -0.132. The van der Waals surface area contributed by atoms with Crippen molar-refractivity contribution in [3.63, 3.8) is 0 Å². The van der Waals surface area contributed by atoms with Crippen LogP contribution in [0.3, 0.4) is 0 Å². The van der Waals surface area contributed by atoms with Crippen molar-refractivity contribution in [3.8, 4) is 17.2 Å². The number of rotatable bonds is 6. The van der Waals surface area contributed by atoms with Gasteiger partial charge in [-0.3, -0.25) is 14.5 Å². The van der Waals surface area contributed by atoms with Gasteiger partial charge in [-0.05, 0) is 54.3 Å². The zero-order chi connectivity index (χ0) is 24.6. The Balaban J connectivity index is 1.96. The van der Waals surface area contributed by atoms with Crippen LogP contribution < -0.4 is 19.1 Å². The molecule has 1 unspecified atom stereocenters. The second-order valence-corrected chi connectivity index (χ2v) is 8.88. The molecule has 0 bridgehead atoms. The van der Waals surface area contributed by atoms with Crippen LogP contribution in [-0.2, 0) is 9.59 Å². The first-order valence-corrected chi connectivity index (χ1v) is 11.5. The molecule has 34 heavy (non-hydrogen) atoms. The fourth-order valence-corrected chi connectivity index (χ4v) is 5.21. The Morgan fingerprint density at radius 1 is 1.00 bits per heavy atom. The molecule has 0 radical (unpaired) electrons. The zero-order valence-electron chi connectivity index (χ0n) is 18.9. The molecule has 0 spiro atoms. The van der Waals surface area contributed by atoms with Crippen LogP contribution in [0.4, 0.5) is 5.69 Å². The number of aliphatic hydroxyl groups is 1. The second kappa shape index (κ2) is 9.40. The van der Waals surface area contributed by atoms with Gasteiger partial charge >= 0.3 is 0 Å². The number of ketones is 1. The average Bonchev–Trinajstić information content (AvgIpc) is 3.38. The van der Waals surface area contributed by atoms with E-state index in [1.807, 2.05) is 18.4 Å². The van der Waals surface area contributed by atoms with E-state index in [0.717, 1.165) is 10.4 Å². The molecule has 1 aliphatic heterocycles. The monoisotopic (exact) mass is 499 g/mol. The van der Waals surface area contributed by atoms with Gasteiger partial charge in [0.25, 0.3) is 11.7 Å². The molecule has 176 valence electrons. The Hall–Kier alpha value is -3.49. The Bertz CT molecular complexity index is 1300. The summed E-state index contributed by atoms with van der Waals surface area (Å²) in [5.74, 6) is -0.728. The van der Waals surface area contributed by atoms with Gasteiger partial charge in [-0.25, -0.2) is 0 Å². The van der Waals surface area contributed by atoms with Crippen molar-refractivity contribution in [2.75, 3.05) is 26.2 Å². The van der Waals surface area contributed by atoms with Crippen molar-refractivity contribution in [2.45, 2.75) is 13.0 Å². The van der Waals surface area contributed by atoms with Crippen molar-refractivity contribution >= 4 is 46.1 Å². The molecule has 0 aliphatic carbocycles. The highest BCUT2D eigenvalue weighted by Crippen LogP contribution is 2.46. The molecule has 9 heteroatoms. The molecular weight excluding hydrogens is 478 g/mol. The highest BCUT2D eigenvalue weighted by atomic mass is 35.5. The van der Waals surface area contributed by atoms with Gasteiger partial charge in [-0.2, -0.15) is 0 Å². The minimum absolute atomic E-state index is 0.0501. The number of aliphatic hydroxyl groups excluding tert-OH is 1. The van der Waals surface area contributed by atoms with Gasteiger partial charge in [0.05, 0.1) is 37.5 Å². The van der Waals surface area contributed by atoms with Gasteiger partial charge in [0.2, 0.25) is 0 Å². The molecule has 1 atom stereocenters. The fourth-order valence-electron chi connectivity index (χ4n) is 3.94. The largest absolute Gasteiger partial charge is 0.507 e. The molecule has 1 aromatic heterocycles. The van der Waals surface area contributed by atoms with Gasteiger partial charge in [-0.1, -0.05) is 11.6 Å². The molecule has 2 heterocycles. The number of halogens is 1. The number of hydrogen-bond acceptors (Lipinski definition) is 7. The number of carbonyl (C=O) groups excluding carboxylic acids is 2. The van der Waals surface area contributed by atoms with E-state index in [-0.39, 0.29) is 27.7 Å². The summed E-state index contributed by atoms with van der Waals surface area (Å²) in [7, 11) is 4.43. The molecule has 1 fully saturated rings. The van der Waals surface area contributed by atoms with E-state index in [9.17, 15) is 14.7 Å². The molecular formula is C25H22ClNO6S. The van der Waals surface area contributed by atoms with E-state index in [1.54, 1.807) is 31.4 Å². The smallest absolute Gasteiger partial charge is 0.300 e. The Morgan fingerprint density at radius 2 is 1.68 bits per heavy atom. The third-order valence-electron chi connectivity index (χ3n) is 5.67. The highest BCUT2D eigenvalue weighted by molar-refractivity contribution is 7.10. The Labute approximate surface area is 205 Å². The Kier molecular flexibility index (Phi) is 6.54. The number of ether oxygens (including phenoxy) is 3. The average molecular weight is 500 g/mol. The molecule has 4 rings (SSSR count). The molecule has 1 aliphatic rings. The van der Waals surface area contributed by atoms with Crippen molar-refractivity contribution in [1.82, 2.24) is 0 Å². The molecule has 1 amide bonds. The van der Waals surface area contributed by atoms with Gasteiger partial charge in [0.1, 0.15) is 29.0 Å². The van der Waals surface area contributed by atoms with E-state index >= 15 is 0 Å². The lowest BCUT2D eigenvalue weighted by Gasteiger charge is -2.25. The number of carbonyl (C=O) groups is 2. The lowest BCUT2D eigenvalue weighted by Crippen LogP contribution is -2.29. The SMILES string of the molecule is COc1ccc(N2C(=O)C(=O)/C(=C(/O)c3cc(Cl)c(OC)cc3OC)C2c2sccc2C)cc1. The zero-order valence-corrected chi connectivity index (χ0v) is 20.5.